The molecule has 4 rings (SSSR count). The SMILES string of the molecule is Cc1ccc(-c2nc(NC(=O)Cc3cccc(C(F)(F)F)c3)sc2-c2ccc(C)cc2)cc1. The van der Waals surface area contributed by atoms with Crippen molar-refractivity contribution in [2.24, 2.45) is 0 Å². The summed E-state index contributed by atoms with van der Waals surface area (Å²) in [4.78, 5) is 18.2. The van der Waals surface area contributed by atoms with Crippen LogP contribution in [0.3, 0.4) is 0 Å². The molecule has 3 aromatic carbocycles. The van der Waals surface area contributed by atoms with Crippen molar-refractivity contribution in [2.45, 2.75) is 26.4 Å². The Hall–Kier alpha value is -3.45. The van der Waals surface area contributed by atoms with Gasteiger partial charge < -0.3 is 5.32 Å². The fourth-order valence-electron chi connectivity index (χ4n) is 3.39. The molecule has 3 nitrogen and oxygen atoms in total. The first-order valence-corrected chi connectivity index (χ1v) is 11.1. The number of anilines is 1. The lowest BCUT2D eigenvalue weighted by Crippen LogP contribution is -2.15. The lowest BCUT2D eigenvalue weighted by atomic mass is 10.0. The van der Waals surface area contributed by atoms with Crippen molar-refractivity contribution < 1.29 is 18.0 Å². The molecule has 0 aliphatic heterocycles. The highest BCUT2D eigenvalue weighted by atomic mass is 32.1. The molecule has 1 N–H and O–H groups in total. The number of aryl methyl sites for hydroxylation is 2. The minimum atomic E-state index is -4.45. The van der Waals surface area contributed by atoms with Gasteiger partial charge in [0.25, 0.3) is 0 Å². The summed E-state index contributed by atoms with van der Waals surface area (Å²) in [5.74, 6) is -0.422. The van der Waals surface area contributed by atoms with E-state index in [1.807, 2.05) is 62.4 Å². The molecule has 0 aliphatic carbocycles. The molecule has 1 heterocycles. The van der Waals surface area contributed by atoms with E-state index in [0.29, 0.717) is 5.13 Å². The van der Waals surface area contributed by atoms with Crippen molar-refractivity contribution in [1.29, 1.82) is 0 Å². The largest absolute Gasteiger partial charge is 0.416 e. The number of thiazole rings is 1. The Morgan fingerprint density at radius 1 is 0.909 bits per heavy atom. The summed E-state index contributed by atoms with van der Waals surface area (Å²) in [6.45, 7) is 4.02. The molecule has 0 fully saturated rings. The Balaban J connectivity index is 1.61. The predicted molar refractivity (Wildman–Crippen MR) is 126 cm³/mol. The molecule has 7 heteroatoms. The van der Waals surface area contributed by atoms with Crippen LogP contribution < -0.4 is 5.32 Å². The lowest BCUT2D eigenvalue weighted by Gasteiger charge is -2.08. The van der Waals surface area contributed by atoms with Gasteiger partial charge in [0.1, 0.15) is 0 Å². The van der Waals surface area contributed by atoms with Crippen LogP contribution in [-0.4, -0.2) is 10.9 Å². The number of hydrogen-bond donors (Lipinski definition) is 1. The van der Waals surface area contributed by atoms with Crippen molar-refractivity contribution in [2.75, 3.05) is 5.32 Å². The van der Waals surface area contributed by atoms with Gasteiger partial charge in [0.2, 0.25) is 5.91 Å². The van der Waals surface area contributed by atoms with E-state index < -0.39 is 17.6 Å². The van der Waals surface area contributed by atoms with Crippen LogP contribution in [0.25, 0.3) is 21.7 Å². The summed E-state index contributed by atoms with van der Waals surface area (Å²) in [5.41, 5.74) is 4.42. The number of hydrogen-bond acceptors (Lipinski definition) is 3. The van der Waals surface area contributed by atoms with Gasteiger partial charge in [0.15, 0.2) is 5.13 Å². The second-order valence-corrected chi connectivity index (χ2v) is 8.85. The second kappa shape index (κ2) is 9.19. The van der Waals surface area contributed by atoms with E-state index in [9.17, 15) is 18.0 Å². The molecular formula is C26H21F3N2OS. The van der Waals surface area contributed by atoms with Gasteiger partial charge in [-0.15, -0.1) is 0 Å². The van der Waals surface area contributed by atoms with Crippen LogP contribution in [0.15, 0.2) is 72.8 Å². The summed E-state index contributed by atoms with van der Waals surface area (Å²) >= 11 is 1.34. The first kappa shape index (κ1) is 22.7. The maximum absolute atomic E-state index is 13.0. The number of halogens is 3. The number of nitrogens with zero attached hydrogens (tertiary/aromatic N) is 1. The van der Waals surface area contributed by atoms with Gasteiger partial charge in [-0.25, -0.2) is 4.98 Å². The van der Waals surface area contributed by atoms with E-state index >= 15 is 0 Å². The molecular weight excluding hydrogens is 445 g/mol. The zero-order valence-electron chi connectivity index (χ0n) is 18.0. The van der Waals surface area contributed by atoms with E-state index in [1.165, 1.54) is 23.5 Å². The third kappa shape index (κ3) is 5.49. The van der Waals surface area contributed by atoms with Gasteiger partial charge in [-0.05, 0) is 31.0 Å². The lowest BCUT2D eigenvalue weighted by molar-refractivity contribution is -0.137. The number of aromatic nitrogens is 1. The Kier molecular flexibility index (Phi) is 6.33. The molecule has 4 aromatic rings. The van der Waals surface area contributed by atoms with Crippen LogP contribution in [0, 0.1) is 13.8 Å². The number of nitrogens with one attached hydrogen (secondary N) is 1. The fourth-order valence-corrected chi connectivity index (χ4v) is 4.40. The molecule has 0 saturated heterocycles. The number of rotatable bonds is 5. The monoisotopic (exact) mass is 466 g/mol. The molecule has 1 aromatic heterocycles. The number of carbonyl (C=O) groups is 1. The standard InChI is InChI=1S/C26H21F3N2OS/c1-16-6-10-19(11-7-16)23-24(20-12-8-17(2)9-13-20)33-25(31-23)30-22(32)15-18-4-3-5-21(14-18)26(27,28)29/h3-14H,15H2,1-2H3,(H,30,31,32). The van der Waals surface area contributed by atoms with Crippen LogP contribution in [0.1, 0.15) is 22.3 Å². The zero-order chi connectivity index (χ0) is 23.6. The van der Waals surface area contributed by atoms with E-state index in [1.54, 1.807) is 0 Å². The molecule has 168 valence electrons. The molecule has 0 aliphatic rings. The van der Waals surface area contributed by atoms with Gasteiger partial charge >= 0.3 is 6.18 Å². The van der Waals surface area contributed by atoms with Crippen LogP contribution >= 0.6 is 11.3 Å². The third-order valence-electron chi connectivity index (χ3n) is 5.13. The van der Waals surface area contributed by atoms with Crippen molar-refractivity contribution in [3.63, 3.8) is 0 Å². The van der Waals surface area contributed by atoms with Gasteiger partial charge in [0.05, 0.1) is 22.6 Å². The smallest absolute Gasteiger partial charge is 0.302 e. The molecule has 0 unspecified atom stereocenters. The van der Waals surface area contributed by atoms with Crippen LogP contribution in [0.4, 0.5) is 18.3 Å². The van der Waals surface area contributed by atoms with Crippen molar-refractivity contribution in [1.82, 2.24) is 4.98 Å². The van der Waals surface area contributed by atoms with Gasteiger partial charge in [-0.3, -0.25) is 4.79 Å². The predicted octanol–water partition coefficient (Wildman–Crippen LogP) is 7.29. The number of carbonyl (C=O) groups excluding carboxylic acids is 1. The first-order chi connectivity index (χ1) is 15.7. The average molecular weight is 467 g/mol. The quantitative estimate of drug-likeness (QED) is 0.335. The van der Waals surface area contributed by atoms with Crippen LogP contribution in [0.2, 0.25) is 0 Å². The topological polar surface area (TPSA) is 42.0 Å². The maximum atomic E-state index is 13.0. The van der Waals surface area contributed by atoms with E-state index in [2.05, 4.69) is 10.3 Å². The minimum absolute atomic E-state index is 0.177. The molecule has 33 heavy (non-hydrogen) atoms. The Morgan fingerprint density at radius 2 is 1.52 bits per heavy atom. The summed E-state index contributed by atoms with van der Waals surface area (Å²) < 4.78 is 38.9. The van der Waals surface area contributed by atoms with Crippen molar-refractivity contribution in [3.05, 3.63) is 95.1 Å². The first-order valence-electron chi connectivity index (χ1n) is 10.3. The summed E-state index contributed by atoms with van der Waals surface area (Å²) in [7, 11) is 0. The Bertz CT molecular complexity index is 1210. The van der Waals surface area contributed by atoms with E-state index in [4.69, 9.17) is 0 Å². The molecule has 1 amide bonds. The van der Waals surface area contributed by atoms with Crippen LogP contribution in [-0.2, 0) is 17.4 Å². The molecule has 0 spiro atoms. The van der Waals surface area contributed by atoms with E-state index in [-0.39, 0.29) is 12.0 Å². The van der Waals surface area contributed by atoms with Gasteiger partial charge in [0, 0.05) is 5.56 Å². The van der Waals surface area contributed by atoms with Crippen molar-refractivity contribution in [3.8, 4) is 21.7 Å². The highest BCUT2D eigenvalue weighted by molar-refractivity contribution is 7.19. The van der Waals surface area contributed by atoms with Crippen LogP contribution in [0.5, 0.6) is 0 Å². The Labute approximate surface area is 193 Å². The summed E-state index contributed by atoms with van der Waals surface area (Å²) in [5, 5.41) is 3.16. The van der Waals surface area contributed by atoms with Gasteiger partial charge in [-0.1, -0.05) is 89.2 Å². The summed E-state index contributed by atoms with van der Waals surface area (Å²) in [6.07, 6.45) is -4.63. The zero-order valence-corrected chi connectivity index (χ0v) is 18.8. The molecule has 0 saturated carbocycles. The van der Waals surface area contributed by atoms with E-state index in [0.717, 1.165) is 45.0 Å². The molecule has 0 atom stereocenters. The second-order valence-electron chi connectivity index (χ2n) is 7.85. The number of benzene rings is 3. The maximum Gasteiger partial charge on any atom is 0.416 e. The third-order valence-corrected chi connectivity index (χ3v) is 6.15. The fraction of sp³-hybridized carbons (Fsp3) is 0.154. The van der Waals surface area contributed by atoms with Gasteiger partial charge in [-0.2, -0.15) is 13.2 Å². The Morgan fingerprint density at radius 3 is 2.12 bits per heavy atom. The highest BCUT2D eigenvalue weighted by Gasteiger charge is 2.30. The number of amides is 1. The average Bonchev–Trinajstić information content (AvgIpc) is 3.18. The van der Waals surface area contributed by atoms with Crippen molar-refractivity contribution >= 4 is 22.4 Å². The highest BCUT2D eigenvalue weighted by Crippen LogP contribution is 2.39. The molecule has 0 bridgehead atoms. The molecule has 0 radical (unpaired) electrons. The minimum Gasteiger partial charge on any atom is -0.302 e. The summed E-state index contributed by atoms with van der Waals surface area (Å²) in [6, 6.07) is 20.8. The number of alkyl halides is 3. The normalized spacial score (nSPS) is 11.4.